The molecule has 0 unspecified atom stereocenters. The number of aldehydes is 1. The largest absolute Gasteiger partial charge is 0.385 e. The minimum absolute atomic E-state index is 0.00407. The molecule has 0 fully saturated rings. The normalized spacial score (nSPS) is 11.1. The van der Waals surface area contributed by atoms with Crippen molar-refractivity contribution in [3.05, 3.63) is 94.7 Å². The van der Waals surface area contributed by atoms with Gasteiger partial charge < -0.3 is 10.2 Å². The molecule has 31 heavy (non-hydrogen) atoms. The third-order valence-corrected chi connectivity index (χ3v) is 4.03. The minimum atomic E-state index is -0.505. The fraction of sp³-hybridized carbons (Fsp3) is 0.250. The number of rotatable bonds is 11. The average Bonchev–Trinajstić information content (AvgIpc) is 2.80. The van der Waals surface area contributed by atoms with E-state index in [4.69, 9.17) is 0 Å². The van der Waals surface area contributed by atoms with Crippen molar-refractivity contribution in [3.63, 3.8) is 0 Å². The van der Waals surface area contributed by atoms with Gasteiger partial charge in [0, 0.05) is 48.9 Å². The molecule has 0 aliphatic carbocycles. The molecule has 1 N–H and O–H groups in total. The number of nitrogens with one attached hydrogen (secondary N) is 1. The molecule has 0 heterocycles. The number of nitrogens with zero attached hydrogens (tertiary/aromatic N) is 3. The topological polar surface area (TPSA) is 87.8 Å². The van der Waals surface area contributed by atoms with Gasteiger partial charge >= 0.3 is 0 Å². The summed E-state index contributed by atoms with van der Waals surface area (Å²) in [7, 11) is 2.12. The lowest BCUT2D eigenvalue weighted by Crippen LogP contribution is -2.23. The first-order valence-corrected chi connectivity index (χ1v) is 10.0. The average molecular weight is 423 g/mol. The summed E-state index contributed by atoms with van der Waals surface area (Å²) < 4.78 is 0. The Morgan fingerprint density at radius 3 is 2.42 bits per heavy atom. The lowest BCUT2D eigenvalue weighted by molar-refractivity contribution is -0.384. The van der Waals surface area contributed by atoms with Crippen molar-refractivity contribution in [2.24, 2.45) is 4.99 Å². The van der Waals surface area contributed by atoms with Crippen LogP contribution in [-0.4, -0.2) is 49.0 Å². The van der Waals surface area contributed by atoms with Gasteiger partial charge in [0.25, 0.3) is 5.69 Å². The quantitative estimate of drug-likeness (QED) is 0.138. The van der Waals surface area contributed by atoms with Crippen molar-refractivity contribution in [2.75, 3.05) is 32.0 Å². The van der Waals surface area contributed by atoms with E-state index < -0.39 is 4.92 Å². The Morgan fingerprint density at radius 1 is 1.10 bits per heavy atom. The molecule has 0 aliphatic heterocycles. The fourth-order valence-corrected chi connectivity index (χ4v) is 2.36. The summed E-state index contributed by atoms with van der Waals surface area (Å²) in [5.41, 5.74) is 1.62. The van der Waals surface area contributed by atoms with E-state index in [0.29, 0.717) is 11.8 Å². The van der Waals surface area contributed by atoms with Crippen molar-refractivity contribution in [2.45, 2.75) is 13.3 Å². The maximum atomic E-state index is 10.1. The van der Waals surface area contributed by atoms with Crippen molar-refractivity contribution in [1.82, 2.24) is 4.90 Å². The summed E-state index contributed by atoms with van der Waals surface area (Å²) in [5, 5.41) is 13.5. The molecule has 0 saturated carbocycles. The van der Waals surface area contributed by atoms with E-state index in [0.717, 1.165) is 26.1 Å². The van der Waals surface area contributed by atoms with Crippen LogP contribution in [0.15, 0.2) is 84.0 Å². The van der Waals surface area contributed by atoms with Crippen molar-refractivity contribution < 1.29 is 9.72 Å². The van der Waals surface area contributed by atoms with Crippen LogP contribution >= 0.6 is 0 Å². The molecule has 0 radical (unpaired) electrons. The Balaban J connectivity index is 0.000000367. The first-order valence-electron chi connectivity index (χ1n) is 10.0. The second kappa shape index (κ2) is 16.2. The maximum Gasteiger partial charge on any atom is 0.269 e. The van der Waals surface area contributed by atoms with E-state index in [1.54, 1.807) is 0 Å². The van der Waals surface area contributed by atoms with Crippen LogP contribution < -0.4 is 5.32 Å². The predicted molar refractivity (Wildman–Crippen MR) is 128 cm³/mol. The standard InChI is InChI=1S/C17H25N3.C7H5NO3/c1-3-4-8-12-18-14-16-20(2)15-9-13-19-17-10-6-5-7-11-17;9-5-6-1-3-7(4-2-6)8(10)11/h3-8,10-12,14,19H,9,13,15-16H2,1-2H3;1-5H/b4-3-,12-8-,18-14?;. The Hall–Kier alpha value is -3.58. The SMILES string of the molecule is C/C=C\C=C/N=CCN(C)CCCNc1ccccc1.O=Cc1ccc([N+](=O)[O-])cc1. The van der Waals surface area contributed by atoms with Crippen LogP contribution in [0.3, 0.4) is 0 Å². The summed E-state index contributed by atoms with van der Waals surface area (Å²) in [6.45, 7) is 4.92. The molecule has 0 aromatic heterocycles. The molecule has 0 bridgehead atoms. The molecule has 0 spiro atoms. The number of aliphatic imine (C=N–C) groups is 1. The zero-order valence-corrected chi connectivity index (χ0v) is 18.1. The molecule has 0 amide bonds. The van der Waals surface area contributed by atoms with Gasteiger partial charge in [-0.1, -0.05) is 30.4 Å². The number of para-hydroxylation sites is 1. The highest BCUT2D eigenvalue weighted by molar-refractivity contribution is 5.75. The number of carbonyl (C=O) groups excluding carboxylic acids is 1. The third-order valence-electron chi connectivity index (χ3n) is 4.03. The molecule has 2 rings (SSSR count). The van der Waals surface area contributed by atoms with Gasteiger partial charge in [-0.25, -0.2) is 0 Å². The lowest BCUT2D eigenvalue weighted by atomic mass is 10.2. The minimum Gasteiger partial charge on any atom is -0.385 e. The van der Waals surface area contributed by atoms with Crippen LogP contribution in [0, 0.1) is 10.1 Å². The molecule has 0 atom stereocenters. The van der Waals surface area contributed by atoms with Crippen LogP contribution in [-0.2, 0) is 0 Å². The zero-order valence-electron chi connectivity index (χ0n) is 18.1. The number of anilines is 1. The molecule has 2 aromatic carbocycles. The second-order valence-electron chi connectivity index (χ2n) is 6.57. The van der Waals surface area contributed by atoms with Gasteiger partial charge in [-0.05, 0) is 57.3 Å². The van der Waals surface area contributed by atoms with Crippen LogP contribution in [0.4, 0.5) is 11.4 Å². The maximum absolute atomic E-state index is 10.1. The van der Waals surface area contributed by atoms with Crippen LogP contribution in [0.2, 0.25) is 0 Å². The van der Waals surface area contributed by atoms with Crippen LogP contribution in [0.25, 0.3) is 0 Å². The number of nitro benzene ring substituents is 1. The molecule has 0 saturated heterocycles. The summed E-state index contributed by atoms with van der Waals surface area (Å²) in [6, 6.07) is 15.7. The number of carbonyl (C=O) groups is 1. The lowest BCUT2D eigenvalue weighted by Gasteiger charge is -2.14. The number of benzene rings is 2. The van der Waals surface area contributed by atoms with Crippen LogP contribution in [0.1, 0.15) is 23.7 Å². The molecule has 7 heteroatoms. The van der Waals surface area contributed by atoms with E-state index in [2.05, 4.69) is 34.4 Å². The van der Waals surface area contributed by atoms with Crippen LogP contribution in [0.5, 0.6) is 0 Å². The van der Waals surface area contributed by atoms with Gasteiger partial charge in [-0.2, -0.15) is 0 Å². The summed E-state index contributed by atoms with van der Waals surface area (Å²) in [4.78, 5) is 26.2. The number of allylic oxidation sites excluding steroid dienone is 3. The van der Waals surface area contributed by atoms with E-state index in [-0.39, 0.29) is 5.69 Å². The Morgan fingerprint density at radius 2 is 1.81 bits per heavy atom. The van der Waals surface area contributed by atoms with Gasteiger partial charge in [-0.3, -0.25) is 19.9 Å². The highest BCUT2D eigenvalue weighted by Crippen LogP contribution is 2.10. The second-order valence-corrected chi connectivity index (χ2v) is 6.57. The van der Waals surface area contributed by atoms with E-state index in [9.17, 15) is 14.9 Å². The number of non-ortho nitro benzene ring substituents is 1. The summed E-state index contributed by atoms with van der Waals surface area (Å²) >= 11 is 0. The Kier molecular flexibility index (Phi) is 13.3. The smallest absolute Gasteiger partial charge is 0.269 e. The molecule has 2 aromatic rings. The number of hydrogen-bond acceptors (Lipinski definition) is 6. The van der Waals surface area contributed by atoms with Crippen molar-refractivity contribution >= 4 is 23.9 Å². The number of hydrogen-bond donors (Lipinski definition) is 1. The van der Waals surface area contributed by atoms with Gasteiger partial charge in [-0.15, -0.1) is 0 Å². The molecular formula is C24H30N4O3. The van der Waals surface area contributed by atoms with Gasteiger partial charge in [0.05, 0.1) is 4.92 Å². The van der Waals surface area contributed by atoms with Crippen molar-refractivity contribution in [3.8, 4) is 0 Å². The monoisotopic (exact) mass is 422 g/mol. The predicted octanol–water partition coefficient (Wildman–Crippen LogP) is 4.99. The summed E-state index contributed by atoms with van der Waals surface area (Å²) in [6.07, 6.45) is 11.4. The Bertz CT molecular complexity index is 847. The molecule has 164 valence electrons. The van der Waals surface area contributed by atoms with Gasteiger partial charge in [0.15, 0.2) is 0 Å². The first-order chi connectivity index (χ1) is 15.1. The van der Waals surface area contributed by atoms with E-state index in [1.807, 2.05) is 55.8 Å². The zero-order chi connectivity index (χ0) is 22.7. The van der Waals surface area contributed by atoms with E-state index in [1.165, 1.54) is 30.0 Å². The highest BCUT2D eigenvalue weighted by Gasteiger charge is 2.02. The van der Waals surface area contributed by atoms with Gasteiger partial charge in [0.2, 0.25) is 0 Å². The third kappa shape index (κ3) is 12.6. The fourth-order valence-electron chi connectivity index (χ4n) is 2.36. The van der Waals surface area contributed by atoms with Crippen molar-refractivity contribution in [1.29, 1.82) is 0 Å². The Labute approximate surface area is 184 Å². The molecule has 7 nitrogen and oxygen atoms in total. The molecule has 0 aliphatic rings. The first kappa shape index (κ1) is 25.5. The molecular weight excluding hydrogens is 392 g/mol. The number of nitro groups is 1. The van der Waals surface area contributed by atoms with Gasteiger partial charge in [0.1, 0.15) is 6.29 Å². The summed E-state index contributed by atoms with van der Waals surface area (Å²) in [5.74, 6) is 0. The highest BCUT2D eigenvalue weighted by atomic mass is 16.6. The van der Waals surface area contributed by atoms with E-state index >= 15 is 0 Å².